The van der Waals surface area contributed by atoms with Crippen molar-refractivity contribution < 1.29 is 32.6 Å². The van der Waals surface area contributed by atoms with Crippen molar-refractivity contribution in [3.63, 3.8) is 0 Å². The zero-order chi connectivity index (χ0) is 22.7. The molecule has 9 heteroatoms. The number of halogens is 3. The van der Waals surface area contributed by atoms with Gasteiger partial charge in [0.1, 0.15) is 5.60 Å². The number of alkyl halides is 3. The van der Waals surface area contributed by atoms with Crippen LogP contribution in [0.15, 0.2) is 18.2 Å². The van der Waals surface area contributed by atoms with Crippen LogP contribution in [0.4, 0.5) is 23.7 Å². The van der Waals surface area contributed by atoms with E-state index in [9.17, 15) is 22.8 Å². The third-order valence-electron chi connectivity index (χ3n) is 5.10. The second-order valence-electron chi connectivity index (χ2n) is 8.77. The van der Waals surface area contributed by atoms with E-state index in [1.165, 1.54) is 0 Å². The Balaban J connectivity index is 2.10. The van der Waals surface area contributed by atoms with Gasteiger partial charge in [-0.25, -0.2) is 9.59 Å². The summed E-state index contributed by atoms with van der Waals surface area (Å²) in [6.45, 7) is 7.08. The molecule has 6 nitrogen and oxygen atoms in total. The van der Waals surface area contributed by atoms with Crippen LogP contribution in [0.25, 0.3) is 0 Å². The van der Waals surface area contributed by atoms with E-state index >= 15 is 0 Å². The molecule has 1 aliphatic carbocycles. The quantitative estimate of drug-likeness (QED) is 0.591. The molecule has 0 radical (unpaired) electrons. The molecule has 1 unspecified atom stereocenters. The van der Waals surface area contributed by atoms with E-state index in [0.717, 1.165) is 37.5 Å². The van der Waals surface area contributed by atoms with Crippen LogP contribution in [0.5, 0.6) is 0 Å². The van der Waals surface area contributed by atoms with Gasteiger partial charge in [0, 0.05) is 17.8 Å². The molecule has 1 aromatic rings. The van der Waals surface area contributed by atoms with E-state index in [4.69, 9.17) is 9.84 Å². The molecular weight excluding hydrogens is 401 g/mol. The van der Waals surface area contributed by atoms with Crippen LogP contribution >= 0.6 is 0 Å². The summed E-state index contributed by atoms with van der Waals surface area (Å²) >= 11 is 0. The summed E-state index contributed by atoms with van der Waals surface area (Å²) in [6, 6.07) is 2.27. The molecule has 1 fully saturated rings. The lowest BCUT2D eigenvalue weighted by molar-refractivity contribution is -0.137. The highest BCUT2D eigenvalue weighted by molar-refractivity contribution is 5.89. The average molecular weight is 430 g/mol. The minimum Gasteiger partial charge on any atom is -0.478 e. The molecule has 0 aliphatic heterocycles. The van der Waals surface area contributed by atoms with E-state index in [-0.39, 0.29) is 29.3 Å². The summed E-state index contributed by atoms with van der Waals surface area (Å²) in [6.07, 6.45) is -2.15. The monoisotopic (exact) mass is 430 g/mol. The smallest absolute Gasteiger partial charge is 0.418 e. The number of carbonyl (C=O) groups excluding carboxylic acids is 1. The average Bonchev–Trinajstić information content (AvgIpc) is 2.59. The minimum atomic E-state index is -4.60. The number of hydrogen-bond acceptors (Lipinski definition) is 4. The molecule has 1 amide bonds. The number of alkyl carbamates (subject to hydrolysis) is 1. The normalized spacial score (nSPS) is 20.9. The molecule has 2 rings (SSSR count). The Kier molecular flexibility index (Phi) is 7.26. The summed E-state index contributed by atoms with van der Waals surface area (Å²) in [5.74, 6) is -1.29. The number of anilines is 1. The van der Waals surface area contributed by atoms with Crippen LogP contribution < -0.4 is 10.6 Å². The van der Waals surface area contributed by atoms with E-state index in [0.29, 0.717) is 6.42 Å². The van der Waals surface area contributed by atoms with Crippen molar-refractivity contribution in [3.05, 3.63) is 29.3 Å². The highest BCUT2D eigenvalue weighted by Gasteiger charge is 2.35. The van der Waals surface area contributed by atoms with Gasteiger partial charge in [-0.2, -0.15) is 13.2 Å². The Morgan fingerprint density at radius 3 is 2.43 bits per heavy atom. The maximum Gasteiger partial charge on any atom is 0.418 e. The highest BCUT2D eigenvalue weighted by atomic mass is 19.4. The summed E-state index contributed by atoms with van der Waals surface area (Å²) in [5, 5.41) is 14.8. The number of carboxylic acids is 1. The van der Waals surface area contributed by atoms with Crippen LogP contribution in [-0.2, 0) is 10.9 Å². The van der Waals surface area contributed by atoms with Gasteiger partial charge in [-0.15, -0.1) is 0 Å². The summed E-state index contributed by atoms with van der Waals surface area (Å²) in [4.78, 5) is 23.2. The molecule has 168 valence electrons. The molecule has 3 atom stereocenters. The first-order valence-corrected chi connectivity index (χ1v) is 9.97. The summed E-state index contributed by atoms with van der Waals surface area (Å²) in [7, 11) is 0. The fraction of sp³-hybridized carbons (Fsp3) is 0.619. The first-order valence-electron chi connectivity index (χ1n) is 9.97. The van der Waals surface area contributed by atoms with Crippen LogP contribution in [-0.4, -0.2) is 34.9 Å². The third-order valence-corrected chi connectivity index (χ3v) is 5.10. The molecule has 0 aromatic heterocycles. The van der Waals surface area contributed by atoms with Crippen molar-refractivity contribution in [2.75, 3.05) is 5.32 Å². The second kappa shape index (κ2) is 9.14. The topological polar surface area (TPSA) is 87.7 Å². The molecule has 0 heterocycles. The predicted octanol–water partition coefficient (Wildman–Crippen LogP) is 5.29. The Morgan fingerprint density at radius 2 is 1.87 bits per heavy atom. The van der Waals surface area contributed by atoms with E-state index in [2.05, 4.69) is 10.6 Å². The Morgan fingerprint density at radius 1 is 1.20 bits per heavy atom. The van der Waals surface area contributed by atoms with E-state index in [1.54, 1.807) is 27.7 Å². The molecular formula is C21H29F3N2O4. The van der Waals surface area contributed by atoms with Gasteiger partial charge in [0.05, 0.1) is 11.1 Å². The molecule has 1 aromatic carbocycles. The first kappa shape index (κ1) is 23.8. The van der Waals surface area contributed by atoms with Gasteiger partial charge in [0.25, 0.3) is 0 Å². The number of benzene rings is 1. The van der Waals surface area contributed by atoms with Crippen molar-refractivity contribution in [1.29, 1.82) is 0 Å². The van der Waals surface area contributed by atoms with Crippen molar-refractivity contribution in [2.45, 2.75) is 77.2 Å². The van der Waals surface area contributed by atoms with Gasteiger partial charge in [-0.1, -0.05) is 6.42 Å². The first-order chi connectivity index (χ1) is 13.8. The van der Waals surface area contributed by atoms with Gasteiger partial charge in [-0.3, -0.25) is 0 Å². The van der Waals surface area contributed by atoms with Gasteiger partial charge < -0.3 is 20.5 Å². The fourth-order valence-electron chi connectivity index (χ4n) is 3.69. The van der Waals surface area contributed by atoms with Crippen LogP contribution in [0.1, 0.15) is 69.3 Å². The number of ether oxygens (including phenoxy) is 1. The minimum absolute atomic E-state index is 0.00764. The van der Waals surface area contributed by atoms with E-state index in [1.807, 2.05) is 0 Å². The maximum absolute atomic E-state index is 13.4. The molecule has 0 saturated heterocycles. The van der Waals surface area contributed by atoms with Crippen molar-refractivity contribution >= 4 is 17.7 Å². The van der Waals surface area contributed by atoms with Crippen molar-refractivity contribution in [2.24, 2.45) is 5.92 Å². The number of rotatable bonds is 5. The predicted molar refractivity (Wildman–Crippen MR) is 107 cm³/mol. The molecule has 30 heavy (non-hydrogen) atoms. The van der Waals surface area contributed by atoms with Crippen molar-refractivity contribution in [3.8, 4) is 0 Å². The third kappa shape index (κ3) is 6.81. The zero-order valence-electron chi connectivity index (χ0n) is 17.6. The number of hydrogen-bond donors (Lipinski definition) is 3. The fourth-order valence-corrected chi connectivity index (χ4v) is 3.69. The maximum atomic E-state index is 13.4. The molecule has 1 saturated carbocycles. The van der Waals surface area contributed by atoms with Crippen molar-refractivity contribution in [1.82, 2.24) is 5.32 Å². The highest BCUT2D eigenvalue weighted by Crippen LogP contribution is 2.37. The lowest BCUT2D eigenvalue weighted by atomic mass is 9.81. The zero-order valence-corrected chi connectivity index (χ0v) is 17.6. The molecule has 1 aliphatic rings. The number of nitrogens with one attached hydrogen (secondary N) is 2. The Hall–Kier alpha value is -2.45. The number of carbonyl (C=O) groups is 2. The van der Waals surface area contributed by atoms with Gasteiger partial charge in [0.15, 0.2) is 0 Å². The number of carboxylic acid groups (broad SMARTS) is 1. The second-order valence-corrected chi connectivity index (χ2v) is 8.77. The van der Waals surface area contributed by atoms with Crippen LogP contribution in [0.2, 0.25) is 0 Å². The lowest BCUT2D eigenvalue weighted by Gasteiger charge is -2.35. The Bertz CT molecular complexity index is 774. The SMILES string of the molecule is CC(Nc1cc(C(=O)O)ccc1C(F)(F)F)[C@H]1CCC[C@@H](NC(=O)OC(C)(C)C)C1. The molecule has 0 spiro atoms. The standard InChI is InChI=1S/C21H29F3N2O4/c1-12(13-6-5-7-15(10-13)26-19(29)30-20(2,3)4)25-17-11-14(18(27)28)8-9-16(17)21(22,23)24/h8-9,11-13,15,25H,5-7,10H2,1-4H3,(H,26,29)(H,27,28)/t12?,13-,15+/m0/s1. The molecule has 0 bridgehead atoms. The van der Waals surface area contributed by atoms with Gasteiger partial charge in [0.2, 0.25) is 0 Å². The van der Waals surface area contributed by atoms with E-state index < -0.39 is 29.4 Å². The van der Waals surface area contributed by atoms with Gasteiger partial charge >= 0.3 is 18.2 Å². The lowest BCUT2D eigenvalue weighted by Crippen LogP contribution is -2.43. The largest absolute Gasteiger partial charge is 0.478 e. The number of amides is 1. The molecule has 3 N–H and O–H groups in total. The summed E-state index contributed by atoms with van der Waals surface area (Å²) < 4.78 is 45.4. The number of aromatic carboxylic acids is 1. The summed E-state index contributed by atoms with van der Waals surface area (Å²) in [5.41, 5.74) is -1.99. The van der Waals surface area contributed by atoms with Crippen LogP contribution in [0.3, 0.4) is 0 Å². The Labute approximate surface area is 174 Å². The van der Waals surface area contributed by atoms with Gasteiger partial charge in [-0.05, 0) is 71.1 Å². The van der Waals surface area contributed by atoms with Crippen LogP contribution in [0, 0.1) is 5.92 Å².